The van der Waals surface area contributed by atoms with Crippen molar-refractivity contribution >= 4 is 28.6 Å². The fourth-order valence-corrected chi connectivity index (χ4v) is 3.75. The summed E-state index contributed by atoms with van der Waals surface area (Å²) in [5.74, 6) is 0.115. The number of carbonyl (C=O) groups is 1. The van der Waals surface area contributed by atoms with Crippen molar-refractivity contribution in [3.63, 3.8) is 0 Å². The molecule has 0 aliphatic rings. The smallest absolute Gasteiger partial charge is 0.338 e. The largest absolute Gasteiger partial charge is 0.493 e. The first-order valence-electron chi connectivity index (χ1n) is 10.2. The van der Waals surface area contributed by atoms with Gasteiger partial charge in [0.25, 0.3) is 11.3 Å². The lowest BCUT2D eigenvalue weighted by Crippen LogP contribution is -2.21. The molecule has 9 nitrogen and oxygen atoms in total. The molecule has 3 aromatic rings. The summed E-state index contributed by atoms with van der Waals surface area (Å²) in [7, 11) is 2.70. The Morgan fingerprint density at radius 1 is 1.00 bits per heavy atom. The van der Waals surface area contributed by atoms with Gasteiger partial charge in [-0.2, -0.15) is 0 Å². The molecule has 0 bridgehead atoms. The number of aryl methyl sites for hydroxylation is 1. The molecule has 1 atom stereocenters. The Bertz CT molecular complexity index is 1170. The number of aliphatic hydroxyl groups is 1. The van der Waals surface area contributed by atoms with Crippen LogP contribution in [0.4, 0.5) is 11.4 Å². The zero-order valence-electron chi connectivity index (χ0n) is 18.9. The van der Waals surface area contributed by atoms with E-state index in [0.717, 1.165) is 9.87 Å². The lowest BCUT2D eigenvalue weighted by atomic mass is 10.1. The number of methoxy groups -OCH3 is 2. The van der Waals surface area contributed by atoms with Crippen LogP contribution < -0.4 is 18.5 Å². The Balaban J connectivity index is 2.29. The Hall–Kier alpha value is -3.60. The molecular formula is C24H25NO8S. The van der Waals surface area contributed by atoms with E-state index >= 15 is 0 Å². The molecule has 0 aromatic heterocycles. The summed E-state index contributed by atoms with van der Waals surface area (Å²) in [4.78, 5) is 12.4. The molecule has 10 heteroatoms. The third-order valence-corrected chi connectivity index (χ3v) is 5.45. The zero-order chi connectivity index (χ0) is 24.7. The minimum atomic E-state index is -2.56. The highest BCUT2D eigenvalue weighted by atomic mass is 32.2. The second kappa shape index (κ2) is 11.5. The molecule has 34 heavy (non-hydrogen) atoms. The van der Waals surface area contributed by atoms with E-state index in [1.165, 1.54) is 26.4 Å². The summed E-state index contributed by atoms with van der Waals surface area (Å²) in [5.41, 5.74) is 1.44. The normalized spacial score (nSPS) is 11.4. The molecular weight excluding hydrogens is 462 g/mol. The topological polar surface area (TPSA) is 115 Å². The van der Waals surface area contributed by atoms with Crippen LogP contribution in [0.5, 0.6) is 23.0 Å². The van der Waals surface area contributed by atoms with Crippen molar-refractivity contribution in [2.45, 2.75) is 6.92 Å². The molecule has 0 saturated heterocycles. The van der Waals surface area contributed by atoms with Gasteiger partial charge in [0.2, 0.25) is 0 Å². The van der Waals surface area contributed by atoms with Crippen molar-refractivity contribution in [2.75, 3.05) is 31.7 Å². The molecule has 0 aliphatic carbocycles. The summed E-state index contributed by atoms with van der Waals surface area (Å²) < 4.78 is 45.9. The monoisotopic (exact) mass is 487 g/mol. The number of esters is 1. The van der Waals surface area contributed by atoms with Crippen molar-refractivity contribution in [1.29, 1.82) is 0 Å². The van der Waals surface area contributed by atoms with Crippen LogP contribution in [0.3, 0.4) is 0 Å². The van der Waals surface area contributed by atoms with Crippen LogP contribution in [-0.4, -0.2) is 47.3 Å². The molecule has 0 aliphatic heterocycles. The van der Waals surface area contributed by atoms with Gasteiger partial charge in [-0.05, 0) is 43.3 Å². The summed E-state index contributed by atoms with van der Waals surface area (Å²) >= 11 is -2.56. The zero-order valence-corrected chi connectivity index (χ0v) is 19.7. The quantitative estimate of drug-likeness (QED) is 0.323. The van der Waals surface area contributed by atoms with Gasteiger partial charge in [0.15, 0.2) is 23.0 Å². The van der Waals surface area contributed by atoms with Crippen LogP contribution in [0.25, 0.3) is 0 Å². The second-order valence-corrected chi connectivity index (χ2v) is 7.83. The Kier molecular flexibility index (Phi) is 8.47. The first kappa shape index (κ1) is 25.0. The van der Waals surface area contributed by atoms with E-state index < -0.39 is 17.2 Å². The van der Waals surface area contributed by atoms with Gasteiger partial charge in [-0.15, -0.1) is 0 Å². The fourth-order valence-electron chi connectivity index (χ4n) is 3.15. The van der Waals surface area contributed by atoms with Gasteiger partial charge in [-0.25, -0.2) is 13.3 Å². The highest BCUT2D eigenvalue weighted by Crippen LogP contribution is 2.46. The average Bonchev–Trinajstić information content (AvgIpc) is 2.84. The van der Waals surface area contributed by atoms with Gasteiger partial charge in [0.05, 0.1) is 32.1 Å². The Morgan fingerprint density at radius 2 is 1.68 bits per heavy atom. The van der Waals surface area contributed by atoms with Crippen molar-refractivity contribution in [1.82, 2.24) is 0 Å². The van der Waals surface area contributed by atoms with Crippen molar-refractivity contribution < 1.29 is 37.6 Å². The molecule has 0 spiro atoms. The number of para-hydroxylation sites is 2. The van der Waals surface area contributed by atoms with Gasteiger partial charge >= 0.3 is 5.97 Å². The number of hydrogen-bond acceptors (Lipinski definition) is 7. The molecule has 2 N–H and O–H groups in total. The molecule has 0 saturated carbocycles. The van der Waals surface area contributed by atoms with Gasteiger partial charge in [-0.1, -0.05) is 29.8 Å². The van der Waals surface area contributed by atoms with Crippen LogP contribution in [0.2, 0.25) is 0 Å². The third kappa shape index (κ3) is 5.66. The maximum Gasteiger partial charge on any atom is 0.338 e. The minimum absolute atomic E-state index is 0.0357. The first-order chi connectivity index (χ1) is 16.4. The SMILES string of the molecule is COC(=O)c1cc(OCCO)c(Oc2ccccc2OC)c(N(c2ccc(C)cc2)S(=O)O)c1. The summed E-state index contributed by atoms with van der Waals surface area (Å²) in [6.07, 6.45) is 0. The standard InChI is InChI=1S/C24H25NO8S/c1-16-8-10-18(11-9-16)25(34(28)29)19-14-17(24(27)31-3)15-22(32-13-12-26)23(19)33-21-7-5-4-6-20(21)30-2/h4-11,14-15,26H,12-13H2,1-3H3,(H,28,29). The average molecular weight is 488 g/mol. The number of hydrogen-bond donors (Lipinski definition) is 2. The fraction of sp³-hybridized carbons (Fsp3) is 0.208. The number of anilines is 2. The first-order valence-corrected chi connectivity index (χ1v) is 11.2. The number of rotatable bonds is 10. The number of aliphatic hydroxyl groups excluding tert-OH is 1. The summed E-state index contributed by atoms with van der Waals surface area (Å²) in [6.45, 7) is 1.47. The lowest BCUT2D eigenvalue weighted by Gasteiger charge is -2.25. The van der Waals surface area contributed by atoms with Gasteiger partial charge in [0, 0.05) is 0 Å². The van der Waals surface area contributed by atoms with E-state index in [0.29, 0.717) is 17.2 Å². The lowest BCUT2D eigenvalue weighted by molar-refractivity contribution is 0.0600. The van der Waals surface area contributed by atoms with Crippen LogP contribution in [0.15, 0.2) is 60.7 Å². The predicted molar refractivity (Wildman–Crippen MR) is 128 cm³/mol. The molecule has 1 unspecified atom stereocenters. The van der Waals surface area contributed by atoms with Crippen molar-refractivity contribution in [2.24, 2.45) is 0 Å². The van der Waals surface area contributed by atoms with Crippen LogP contribution >= 0.6 is 0 Å². The molecule has 3 rings (SSSR count). The van der Waals surface area contributed by atoms with Crippen LogP contribution in [0, 0.1) is 6.92 Å². The van der Waals surface area contributed by atoms with Crippen LogP contribution in [-0.2, 0) is 16.0 Å². The Labute approximate surface area is 199 Å². The highest BCUT2D eigenvalue weighted by molar-refractivity contribution is 7.81. The Morgan fingerprint density at radius 3 is 2.26 bits per heavy atom. The molecule has 0 amide bonds. The maximum atomic E-state index is 12.5. The van der Waals surface area contributed by atoms with Gasteiger partial charge < -0.3 is 24.1 Å². The van der Waals surface area contributed by atoms with Gasteiger partial charge in [-0.3, -0.25) is 4.55 Å². The number of ether oxygens (including phenoxy) is 4. The van der Waals surface area contributed by atoms with E-state index in [1.807, 2.05) is 6.92 Å². The molecule has 3 aromatic carbocycles. The van der Waals surface area contributed by atoms with Gasteiger partial charge in [0.1, 0.15) is 12.3 Å². The summed E-state index contributed by atoms with van der Waals surface area (Å²) in [5, 5.41) is 9.31. The van der Waals surface area contributed by atoms with Crippen molar-refractivity contribution in [3.8, 4) is 23.0 Å². The van der Waals surface area contributed by atoms with Crippen LogP contribution in [0.1, 0.15) is 15.9 Å². The number of benzene rings is 3. The van der Waals surface area contributed by atoms with E-state index in [-0.39, 0.29) is 36.0 Å². The number of nitrogens with zero attached hydrogens (tertiary/aromatic N) is 1. The van der Waals surface area contributed by atoms with E-state index in [2.05, 4.69) is 0 Å². The highest BCUT2D eigenvalue weighted by Gasteiger charge is 2.27. The molecule has 0 fully saturated rings. The van der Waals surface area contributed by atoms with E-state index in [1.54, 1.807) is 48.5 Å². The third-order valence-electron chi connectivity index (χ3n) is 4.73. The van der Waals surface area contributed by atoms with Crippen molar-refractivity contribution in [3.05, 3.63) is 71.8 Å². The molecule has 0 heterocycles. The second-order valence-electron chi connectivity index (χ2n) is 7.00. The minimum Gasteiger partial charge on any atom is -0.493 e. The van der Waals surface area contributed by atoms with E-state index in [9.17, 15) is 18.7 Å². The molecule has 180 valence electrons. The summed E-state index contributed by atoms with van der Waals surface area (Å²) in [6, 6.07) is 16.5. The molecule has 0 radical (unpaired) electrons. The number of carbonyl (C=O) groups excluding carboxylic acids is 1. The maximum absolute atomic E-state index is 12.5. The predicted octanol–water partition coefficient (Wildman–Crippen LogP) is 4.23. The van der Waals surface area contributed by atoms with E-state index in [4.69, 9.17) is 18.9 Å².